The fourth-order valence-electron chi connectivity index (χ4n) is 6.20. The lowest BCUT2D eigenvalue weighted by atomic mass is 9.87. The van der Waals surface area contributed by atoms with Crippen molar-refractivity contribution in [3.8, 4) is 11.1 Å². The van der Waals surface area contributed by atoms with Crippen LogP contribution in [0.2, 0.25) is 0 Å². The highest BCUT2D eigenvalue weighted by Crippen LogP contribution is 2.46. The van der Waals surface area contributed by atoms with E-state index < -0.39 is 6.43 Å². The SMILES string of the molecule is CC(=O)N1CCc2c(c(N3CCC(C)c4cc(-c5cnn(C)c5)c(C(F)F)cc43)nn2C2CCOCC2)C1. The number of amides is 1. The third kappa shape index (κ3) is 4.28. The van der Waals surface area contributed by atoms with Gasteiger partial charge < -0.3 is 14.5 Å². The molecule has 3 aliphatic heterocycles. The first-order chi connectivity index (χ1) is 18.3. The number of aromatic nitrogens is 4. The quantitative estimate of drug-likeness (QED) is 0.474. The normalized spacial score (nSPS) is 20.1. The van der Waals surface area contributed by atoms with Crippen molar-refractivity contribution in [3.05, 3.63) is 46.9 Å². The molecular weight excluding hydrogens is 490 g/mol. The number of halogens is 2. The second-order valence-electron chi connectivity index (χ2n) is 10.8. The number of alkyl halides is 2. The van der Waals surface area contributed by atoms with Crippen LogP contribution in [-0.2, 0) is 29.5 Å². The van der Waals surface area contributed by atoms with Crippen LogP contribution >= 0.6 is 0 Å². The van der Waals surface area contributed by atoms with Gasteiger partial charge in [0.1, 0.15) is 0 Å². The van der Waals surface area contributed by atoms with Crippen molar-refractivity contribution in [2.75, 3.05) is 31.2 Å². The Hall–Kier alpha value is -3.27. The molecule has 1 saturated heterocycles. The van der Waals surface area contributed by atoms with Crippen molar-refractivity contribution >= 4 is 17.4 Å². The number of nitrogens with zero attached hydrogens (tertiary/aromatic N) is 6. The summed E-state index contributed by atoms with van der Waals surface area (Å²) >= 11 is 0. The van der Waals surface area contributed by atoms with Gasteiger partial charge in [-0.1, -0.05) is 6.92 Å². The van der Waals surface area contributed by atoms with E-state index in [1.165, 1.54) is 0 Å². The summed E-state index contributed by atoms with van der Waals surface area (Å²) in [5.41, 5.74) is 5.23. The van der Waals surface area contributed by atoms with Gasteiger partial charge in [-0.25, -0.2) is 8.78 Å². The van der Waals surface area contributed by atoms with Crippen molar-refractivity contribution in [1.82, 2.24) is 24.5 Å². The molecule has 0 bridgehead atoms. The molecule has 2 aromatic heterocycles. The number of anilines is 2. The molecular formula is C28H34F2N6O2. The van der Waals surface area contributed by atoms with Crippen LogP contribution in [0.5, 0.6) is 0 Å². The highest BCUT2D eigenvalue weighted by molar-refractivity contribution is 5.78. The van der Waals surface area contributed by atoms with E-state index in [0.717, 1.165) is 54.0 Å². The Labute approximate surface area is 221 Å². The zero-order valence-corrected chi connectivity index (χ0v) is 22.2. The molecule has 202 valence electrons. The Kier molecular flexibility index (Phi) is 6.45. The molecule has 3 aliphatic rings. The van der Waals surface area contributed by atoms with Crippen molar-refractivity contribution in [1.29, 1.82) is 0 Å². The van der Waals surface area contributed by atoms with Gasteiger partial charge in [-0.2, -0.15) is 10.2 Å². The summed E-state index contributed by atoms with van der Waals surface area (Å²) in [6.07, 6.45) is 4.18. The van der Waals surface area contributed by atoms with Crippen LogP contribution in [0, 0.1) is 0 Å². The molecule has 0 saturated carbocycles. The van der Waals surface area contributed by atoms with E-state index in [4.69, 9.17) is 9.84 Å². The highest BCUT2D eigenvalue weighted by Gasteiger charge is 2.35. The van der Waals surface area contributed by atoms with E-state index in [1.807, 2.05) is 11.0 Å². The minimum absolute atomic E-state index is 0.000980. The Morgan fingerprint density at radius 1 is 1.16 bits per heavy atom. The molecule has 1 atom stereocenters. The van der Waals surface area contributed by atoms with Crippen LogP contribution in [0.3, 0.4) is 0 Å². The van der Waals surface area contributed by atoms with Gasteiger partial charge in [0.05, 0.1) is 18.8 Å². The van der Waals surface area contributed by atoms with Crippen molar-refractivity contribution in [2.45, 2.75) is 64.5 Å². The molecule has 1 unspecified atom stereocenters. The predicted octanol–water partition coefficient (Wildman–Crippen LogP) is 5.12. The first-order valence-corrected chi connectivity index (χ1v) is 13.5. The molecule has 8 nitrogen and oxygen atoms in total. The summed E-state index contributed by atoms with van der Waals surface area (Å²) in [5, 5.41) is 9.37. The molecule has 0 N–H and O–H groups in total. The average Bonchev–Trinajstić information content (AvgIpc) is 3.52. The maximum absolute atomic E-state index is 14.5. The summed E-state index contributed by atoms with van der Waals surface area (Å²) in [7, 11) is 1.79. The van der Waals surface area contributed by atoms with Gasteiger partial charge in [-0.15, -0.1) is 0 Å². The van der Waals surface area contributed by atoms with Crippen LogP contribution in [0.15, 0.2) is 24.5 Å². The number of carbonyl (C=O) groups is 1. The molecule has 6 rings (SSSR count). The molecule has 0 radical (unpaired) electrons. The van der Waals surface area contributed by atoms with Crippen LogP contribution in [-0.4, -0.2) is 56.7 Å². The van der Waals surface area contributed by atoms with Gasteiger partial charge in [0.15, 0.2) is 5.82 Å². The number of benzene rings is 1. The number of fused-ring (bicyclic) bond motifs is 2. The van der Waals surface area contributed by atoms with Crippen LogP contribution in [0.1, 0.15) is 73.9 Å². The van der Waals surface area contributed by atoms with Gasteiger partial charge in [0, 0.05) is 81.0 Å². The molecule has 1 aromatic carbocycles. The standard InChI is InChI=1S/C28H34F2N6O2/c1-17-4-9-35(26-13-23(27(29)30)22(12-21(17)26)19-14-31-33(3)15-19)28-24-16-34(18(2)37)8-5-25(24)36(32-28)20-6-10-38-11-7-20/h12-15,17,20,27H,4-11,16H2,1-3H3. The maximum Gasteiger partial charge on any atom is 0.264 e. The first-order valence-electron chi connectivity index (χ1n) is 13.5. The molecule has 1 fully saturated rings. The van der Waals surface area contributed by atoms with Crippen LogP contribution in [0.4, 0.5) is 20.3 Å². The van der Waals surface area contributed by atoms with E-state index in [2.05, 4.69) is 21.6 Å². The second-order valence-corrected chi connectivity index (χ2v) is 10.8. The Balaban J connectivity index is 1.49. The topological polar surface area (TPSA) is 68.4 Å². The molecule has 1 amide bonds. The lowest BCUT2D eigenvalue weighted by Crippen LogP contribution is -2.36. The largest absolute Gasteiger partial charge is 0.381 e. The van der Waals surface area contributed by atoms with Crippen molar-refractivity contribution in [2.24, 2.45) is 7.05 Å². The van der Waals surface area contributed by atoms with Gasteiger partial charge in [0.25, 0.3) is 6.43 Å². The zero-order chi connectivity index (χ0) is 26.6. The number of hydrogen-bond acceptors (Lipinski definition) is 5. The molecule has 10 heteroatoms. The number of hydrogen-bond donors (Lipinski definition) is 0. The molecule has 5 heterocycles. The molecule has 3 aromatic rings. The lowest BCUT2D eigenvalue weighted by Gasteiger charge is -2.35. The van der Waals surface area contributed by atoms with E-state index in [9.17, 15) is 13.6 Å². The Bertz CT molecular complexity index is 1360. The number of rotatable bonds is 4. The smallest absolute Gasteiger partial charge is 0.264 e. The summed E-state index contributed by atoms with van der Waals surface area (Å²) in [5.74, 6) is 1.04. The second kappa shape index (κ2) is 9.80. The minimum atomic E-state index is -2.63. The van der Waals surface area contributed by atoms with Crippen molar-refractivity contribution < 1.29 is 18.3 Å². The number of aryl methyl sites for hydroxylation is 1. The third-order valence-electron chi connectivity index (χ3n) is 8.36. The van der Waals surface area contributed by atoms with Gasteiger partial charge in [-0.05, 0) is 48.4 Å². The van der Waals surface area contributed by atoms with Gasteiger partial charge in [-0.3, -0.25) is 14.2 Å². The van der Waals surface area contributed by atoms with E-state index in [0.29, 0.717) is 44.0 Å². The summed E-state index contributed by atoms with van der Waals surface area (Å²) < 4.78 is 38.3. The minimum Gasteiger partial charge on any atom is -0.381 e. The first kappa shape index (κ1) is 25.0. The maximum atomic E-state index is 14.5. The molecule has 0 spiro atoms. The summed E-state index contributed by atoms with van der Waals surface area (Å²) in [6.45, 7) is 6.98. The predicted molar refractivity (Wildman–Crippen MR) is 140 cm³/mol. The van der Waals surface area contributed by atoms with E-state index in [-0.39, 0.29) is 23.4 Å². The monoisotopic (exact) mass is 524 g/mol. The van der Waals surface area contributed by atoms with Gasteiger partial charge >= 0.3 is 0 Å². The average molecular weight is 525 g/mol. The molecule has 0 aliphatic carbocycles. The fourth-order valence-corrected chi connectivity index (χ4v) is 6.20. The zero-order valence-electron chi connectivity index (χ0n) is 22.2. The number of carbonyl (C=O) groups excluding carboxylic acids is 1. The molecule has 38 heavy (non-hydrogen) atoms. The summed E-state index contributed by atoms with van der Waals surface area (Å²) in [6, 6.07) is 3.82. The fraction of sp³-hybridized carbons (Fsp3) is 0.536. The van der Waals surface area contributed by atoms with Crippen LogP contribution in [0.25, 0.3) is 11.1 Å². The highest BCUT2D eigenvalue weighted by atomic mass is 19.3. The van der Waals surface area contributed by atoms with Crippen LogP contribution < -0.4 is 4.90 Å². The van der Waals surface area contributed by atoms with E-state index in [1.54, 1.807) is 37.1 Å². The van der Waals surface area contributed by atoms with E-state index >= 15 is 0 Å². The Morgan fingerprint density at radius 2 is 1.95 bits per heavy atom. The van der Waals surface area contributed by atoms with Gasteiger partial charge in [0.2, 0.25) is 5.91 Å². The van der Waals surface area contributed by atoms with Crippen molar-refractivity contribution in [3.63, 3.8) is 0 Å². The summed E-state index contributed by atoms with van der Waals surface area (Å²) in [4.78, 5) is 16.3. The number of ether oxygens (including phenoxy) is 1. The lowest BCUT2D eigenvalue weighted by molar-refractivity contribution is -0.129. The Morgan fingerprint density at radius 3 is 2.63 bits per heavy atom. The third-order valence-corrected chi connectivity index (χ3v) is 8.36.